The molecule has 1 heterocycles. The summed E-state index contributed by atoms with van der Waals surface area (Å²) >= 11 is 0. The highest BCUT2D eigenvalue weighted by Gasteiger charge is 2.29. The molecule has 3 atom stereocenters. The average Bonchev–Trinajstić information content (AvgIpc) is 2.94. The van der Waals surface area contributed by atoms with E-state index in [1.54, 1.807) is 0 Å². The molecule has 3 heteroatoms. The molecule has 0 amide bonds. The fourth-order valence-electron chi connectivity index (χ4n) is 4.02. The van der Waals surface area contributed by atoms with Crippen molar-refractivity contribution >= 4 is 0 Å². The Kier molecular flexibility index (Phi) is 6.79. The van der Waals surface area contributed by atoms with E-state index in [4.69, 9.17) is 0 Å². The Bertz CT molecular complexity index is 266. The van der Waals surface area contributed by atoms with Gasteiger partial charge in [-0.3, -0.25) is 0 Å². The summed E-state index contributed by atoms with van der Waals surface area (Å²) in [6, 6.07) is 0. The fraction of sp³-hybridized carbons (Fsp3) is 1.00. The zero-order chi connectivity index (χ0) is 14.4. The number of hydrogen-bond donors (Lipinski definition) is 1. The third-order valence-electron chi connectivity index (χ3n) is 5.29. The Balaban J connectivity index is 1.69. The van der Waals surface area contributed by atoms with Crippen molar-refractivity contribution in [2.24, 2.45) is 11.8 Å². The molecule has 1 N–H and O–H groups in total. The number of likely N-dealkylation sites (tertiary alicyclic amines) is 1. The van der Waals surface area contributed by atoms with Crippen molar-refractivity contribution in [2.75, 3.05) is 39.8 Å². The number of rotatable bonds is 7. The maximum absolute atomic E-state index is 10.2. The Hall–Kier alpha value is -0.120. The van der Waals surface area contributed by atoms with Crippen LogP contribution in [0.3, 0.4) is 0 Å². The summed E-state index contributed by atoms with van der Waals surface area (Å²) in [5.41, 5.74) is 0. The van der Waals surface area contributed by atoms with Gasteiger partial charge in [-0.25, -0.2) is 0 Å². The van der Waals surface area contributed by atoms with Crippen LogP contribution in [0.4, 0.5) is 0 Å². The van der Waals surface area contributed by atoms with Gasteiger partial charge < -0.3 is 14.9 Å². The molecule has 1 saturated carbocycles. The minimum absolute atomic E-state index is 0.0580. The molecular formula is C17H34N2O. The molecule has 2 fully saturated rings. The van der Waals surface area contributed by atoms with Gasteiger partial charge in [-0.2, -0.15) is 0 Å². The Morgan fingerprint density at radius 1 is 1.20 bits per heavy atom. The molecule has 3 nitrogen and oxygen atoms in total. The number of likely N-dealkylation sites (N-methyl/N-ethyl adjacent to an activating group) is 1. The van der Waals surface area contributed by atoms with E-state index < -0.39 is 0 Å². The molecule has 1 saturated heterocycles. The van der Waals surface area contributed by atoms with Gasteiger partial charge in [0, 0.05) is 19.6 Å². The highest BCUT2D eigenvalue weighted by atomic mass is 16.3. The van der Waals surface area contributed by atoms with Crippen LogP contribution in [0.5, 0.6) is 0 Å². The lowest BCUT2D eigenvalue weighted by molar-refractivity contribution is 0.0289. The van der Waals surface area contributed by atoms with Crippen molar-refractivity contribution in [1.29, 1.82) is 0 Å². The first-order valence-electron chi connectivity index (χ1n) is 8.78. The smallest absolute Gasteiger partial charge is 0.0580 e. The van der Waals surface area contributed by atoms with Crippen molar-refractivity contribution < 1.29 is 5.11 Å². The van der Waals surface area contributed by atoms with Crippen molar-refractivity contribution in [2.45, 2.75) is 58.0 Å². The molecule has 0 spiro atoms. The lowest BCUT2D eigenvalue weighted by Crippen LogP contribution is -2.40. The van der Waals surface area contributed by atoms with Crippen molar-refractivity contribution in [3.63, 3.8) is 0 Å². The monoisotopic (exact) mass is 282 g/mol. The number of hydrogen-bond acceptors (Lipinski definition) is 3. The molecule has 3 unspecified atom stereocenters. The van der Waals surface area contributed by atoms with E-state index in [1.165, 1.54) is 58.2 Å². The molecule has 1 aliphatic carbocycles. The van der Waals surface area contributed by atoms with Gasteiger partial charge in [0.15, 0.2) is 0 Å². The summed E-state index contributed by atoms with van der Waals surface area (Å²) in [6.07, 6.45) is 8.84. The average molecular weight is 282 g/mol. The van der Waals surface area contributed by atoms with E-state index in [-0.39, 0.29) is 6.10 Å². The van der Waals surface area contributed by atoms with Gasteiger partial charge in [-0.1, -0.05) is 19.8 Å². The molecule has 20 heavy (non-hydrogen) atoms. The van der Waals surface area contributed by atoms with Crippen molar-refractivity contribution in [1.82, 2.24) is 9.80 Å². The number of nitrogens with zero attached hydrogens (tertiary/aromatic N) is 2. The summed E-state index contributed by atoms with van der Waals surface area (Å²) in [6.45, 7) is 8.30. The molecular weight excluding hydrogens is 248 g/mol. The largest absolute Gasteiger partial charge is 0.393 e. The lowest BCUT2D eigenvalue weighted by Gasteiger charge is -2.36. The molecule has 1 aliphatic heterocycles. The van der Waals surface area contributed by atoms with Gasteiger partial charge in [0.05, 0.1) is 6.10 Å². The van der Waals surface area contributed by atoms with Crippen LogP contribution in [0, 0.1) is 11.8 Å². The van der Waals surface area contributed by atoms with E-state index in [9.17, 15) is 5.11 Å². The molecule has 2 aliphatic rings. The third kappa shape index (κ3) is 5.01. The van der Waals surface area contributed by atoms with Crippen LogP contribution in [0.25, 0.3) is 0 Å². The van der Waals surface area contributed by atoms with Crippen molar-refractivity contribution in [3.8, 4) is 0 Å². The first-order chi connectivity index (χ1) is 9.69. The van der Waals surface area contributed by atoms with Gasteiger partial charge >= 0.3 is 0 Å². The van der Waals surface area contributed by atoms with Crippen molar-refractivity contribution in [3.05, 3.63) is 0 Å². The molecule has 0 bridgehead atoms. The van der Waals surface area contributed by atoms with Crippen LogP contribution >= 0.6 is 0 Å². The maximum Gasteiger partial charge on any atom is 0.0580 e. The zero-order valence-electron chi connectivity index (χ0n) is 13.6. The SMILES string of the molecule is CCCC1CCC(O)C(CN(C)CCN2CCCC2)C1. The minimum Gasteiger partial charge on any atom is -0.393 e. The summed E-state index contributed by atoms with van der Waals surface area (Å²) in [4.78, 5) is 5.02. The predicted octanol–water partition coefficient (Wildman–Crippen LogP) is 2.59. The zero-order valence-corrected chi connectivity index (χ0v) is 13.6. The first kappa shape index (κ1) is 16.3. The van der Waals surface area contributed by atoms with Gasteiger partial charge in [0.25, 0.3) is 0 Å². The van der Waals surface area contributed by atoms with E-state index in [1.807, 2.05) is 0 Å². The quantitative estimate of drug-likeness (QED) is 0.777. The van der Waals surface area contributed by atoms with Gasteiger partial charge in [0.1, 0.15) is 0 Å². The second-order valence-corrected chi connectivity index (χ2v) is 7.11. The second-order valence-electron chi connectivity index (χ2n) is 7.11. The predicted molar refractivity (Wildman–Crippen MR) is 84.9 cm³/mol. The molecule has 2 rings (SSSR count). The highest BCUT2D eigenvalue weighted by molar-refractivity contribution is 4.81. The van der Waals surface area contributed by atoms with Gasteiger partial charge in [0.2, 0.25) is 0 Å². The van der Waals surface area contributed by atoms with Crippen LogP contribution in [0.15, 0.2) is 0 Å². The summed E-state index contributed by atoms with van der Waals surface area (Å²) in [7, 11) is 2.23. The molecule has 0 aromatic rings. The van der Waals surface area contributed by atoms with Gasteiger partial charge in [-0.05, 0) is 64.1 Å². The van der Waals surface area contributed by atoms with E-state index >= 15 is 0 Å². The van der Waals surface area contributed by atoms with E-state index in [2.05, 4.69) is 23.8 Å². The second kappa shape index (κ2) is 8.35. The fourth-order valence-corrected chi connectivity index (χ4v) is 4.02. The normalized spacial score (nSPS) is 32.1. The van der Waals surface area contributed by atoms with Crippen LogP contribution in [0.2, 0.25) is 0 Å². The van der Waals surface area contributed by atoms with Crippen LogP contribution in [-0.4, -0.2) is 60.8 Å². The summed E-state index contributed by atoms with van der Waals surface area (Å²) < 4.78 is 0. The highest BCUT2D eigenvalue weighted by Crippen LogP contribution is 2.32. The minimum atomic E-state index is -0.0580. The topological polar surface area (TPSA) is 26.7 Å². The third-order valence-corrected chi connectivity index (χ3v) is 5.29. The molecule has 118 valence electrons. The lowest BCUT2D eigenvalue weighted by atomic mass is 9.77. The molecule has 0 aromatic carbocycles. The Labute approximate surface area is 125 Å². The number of aliphatic hydroxyl groups is 1. The van der Waals surface area contributed by atoms with E-state index in [0.29, 0.717) is 5.92 Å². The Morgan fingerprint density at radius 3 is 2.65 bits per heavy atom. The Morgan fingerprint density at radius 2 is 1.95 bits per heavy atom. The van der Waals surface area contributed by atoms with Crippen LogP contribution in [0.1, 0.15) is 51.9 Å². The van der Waals surface area contributed by atoms with E-state index in [0.717, 1.165) is 25.4 Å². The summed E-state index contributed by atoms with van der Waals surface area (Å²) in [5.74, 6) is 1.37. The van der Waals surface area contributed by atoms with Crippen LogP contribution < -0.4 is 0 Å². The molecule has 0 aromatic heterocycles. The molecule has 0 radical (unpaired) electrons. The number of aliphatic hydroxyl groups excluding tert-OH is 1. The van der Waals surface area contributed by atoms with Crippen LogP contribution in [-0.2, 0) is 0 Å². The first-order valence-corrected chi connectivity index (χ1v) is 8.78. The maximum atomic E-state index is 10.2. The summed E-state index contributed by atoms with van der Waals surface area (Å²) in [5, 5.41) is 10.2. The van der Waals surface area contributed by atoms with Gasteiger partial charge in [-0.15, -0.1) is 0 Å². The standard InChI is InChI=1S/C17H34N2O/c1-3-6-15-7-8-17(20)16(13-15)14-18(2)11-12-19-9-4-5-10-19/h15-17,20H,3-14H2,1-2H3.